The maximum Gasteiger partial charge on any atom is 0.337 e. The van der Waals surface area contributed by atoms with E-state index in [1.807, 2.05) is 0 Å². The molecule has 0 bridgehead atoms. The molecule has 0 N–H and O–H groups in total. The van der Waals surface area contributed by atoms with Gasteiger partial charge in [-0.25, -0.2) is 4.79 Å². The largest absolute Gasteiger partial charge is 0.493 e. The van der Waals surface area contributed by atoms with Crippen LogP contribution in [-0.2, 0) is 11.3 Å². The molecule has 2 aromatic rings. The highest BCUT2D eigenvalue weighted by atomic mass is 16.5. The molecule has 0 aliphatic heterocycles. The molecule has 0 fully saturated rings. The van der Waals surface area contributed by atoms with Crippen molar-refractivity contribution in [3.63, 3.8) is 0 Å². The number of esters is 1. The molecular weight excluding hydrogens is 250 g/mol. The van der Waals surface area contributed by atoms with Crippen LogP contribution in [0.4, 0.5) is 0 Å². The number of aromatic nitrogens is 1. The van der Waals surface area contributed by atoms with Crippen LogP contribution in [-0.4, -0.2) is 25.3 Å². The van der Waals surface area contributed by atoms with E-state index in [-0.39, 0.29) is 6.61 Å². The van der Waals surface area contributed by atoms with Crippen LogP contribution < -0.4 is 9.47 Å². The molecule has 0 saturated carbocycles. The molecule has 0 atom stereocenters. The zero-order valence-electron chi connectivity index (χ0n) is 10.6. The number of hydrogen-bond donors (Lipinski definition) is 0. The maximum absolute atomic E-state index is 11.4. The van der Waals surface area contributed by atoms with Crippen LogP contribution in [0, 0.1) is 0 Å². The Morgan fingerprint density at radius 1 is 1.26 bits per heavy atom. The number of nitrogens with zero attached hydrogens (tertiary/aromatic N) is 1. The Labute approximate surface area is 109 Å². The molecule has 1 aromatic carbocycles. The minimum Gasteiger partial charge on any atom is -0.493 e. The minimum absolute atomic E-state index is 0.254. The summed E-state index contributed by atoms with van der Waals surface area (Å²) in [5.41, 5.74) is 1.06. The van der Waals surface area contributed by atoms with Crippen molar-refractivity contribution in [3.05, 3.63) is 41.8 Å². The van der Waals surface area contributed by atoms with Gasteiger partial charge in [0, 0.05) is 6.07 Å². The molecule has 100 valence electrons. The molecule has 2 rings (SSSR count). The lowest BCUT2D eigenvalue weighted by atomic mass is 10.2. The third-order valence-electron chi connectivity index (χ3n) is 2.45. The topological polar surface area (TPSA) is 70.8 Å². The number of carbonyl (C=O) groups excluding carboxylic acids is 1. The first-order valence-electron chi connectivity index (χ1n) is 5.53. The highest BCUT2D eigenvalue weighted by molar-refractivity contribution is 5.90. The summed E-state index contributed by atoms with van der Waals surface area (Å²) in [5, 5.41) is 3.73. The van der Waals surface area contributed by atoms with Gasteiger partial charge in [-0.05, 0) is 18.2 Å². The molecule has 0 aliphatic carbocycles. The van der Waals surface area contributed by atoms with E-state index in [0.717, 1.165) is 0 Å². The molecule has 1 aromatic heterocycles. The fourth-order valence-electron chi connectivity index (χ4n) is 1.50. The normalized spacial score (nSPS) is 10.0. The summed E-state index contributed by atoms with van der Waals surface area (Å²) in [5.74, 6) is 0.533. The lowest BCUT2D eigenvalue weighted by molar-refractivity contribution is 0.0600. The Hall–Kier alpha value is -2.50. The van der Waals surface area contributed by atoms with Crippen LogP contribution in [0.1, 0.15) is 16.1 Å². The van der Waals surface area contributed by atoms with Crippen LogP contribution in [0.15, 0.2) is 35.1 Å². The van der Waals surface area contributed by atoms with Gasteiger partial charge in [0.1, 0.15) is 18.6 Å². The summed E-state index contributed by atoms with van der Waals surface area (Å²) in [4.78, 5) is 11.4. The van der Waals surface area contributed by atoms with Gasteiger partial charge in [-0.3, -0.25) is 0 Å². The van der Waals surface area contributed by atoms with E-state index in [4.69, 9.17) is 14.0 Å². The number of rotatable bonds is 5. The van der Waals surface area contributed by atoms with Gasteiger partial charge in [0.2, 0.25) is 0 Å². The molecule has 0 spiro atoms. The molecule has 6 heteroatoms. The Kier molecular flexibility index (Phi) is 4.02. The number of hydrogen-bond acceptors (Lipinski definition) is 6. The van der Waals surface area contributed by atoms with Crippen LogP contribution in [0.5, 0.6) is 11.5 Å². The molecule has 0 saturated heterocycles. The molecule has 0 unspecified atom stereocenters. The van der Waals surface area contributed by atoms with Crippen molar-refractivity contribution in [2.24, 2.45) is 0 Å². The zero-order chi connectivity index (χ0) is 13.7. The second-order valence-electron chi connectivity index (χ2n) is 3.64. The van der Waals surface area contributed by atoms with Crippen molar-refractivity contribution in [2.45, 2.75) is 6.61 Å². The molecule has 1 heterocycles. The Morgan fingerprint density at radius 2 is 2.11 bits per heavy atom. The number of benzene rings is 1. The number of carbonyl (C=O) groups is 1. The molecular formula is C13H13NO5. The van der Waals surface area contributed by atoms with E-state index in [9.17, 15) is 4.79 Å². The van der Waals surface area contributed by atoms with Crippen LogP contribution >= 0.6 is 0 Å². The summed E-state index contributed by atoms with van der Waals surface area (Å²) >= 11 is 0. The second kappa shape index (κ2) is 5.90. The highest BCUT2D eigenvalue weighted by Gasteiger charge is 2.11. The monoisotopic (exact) mass is 263 g/mol. The molecule has 19 heavy (non-hydrogen) atoms. The Morgan fingerprint density at radius 3 is 2.74 bits per heavy atom. The first kappa shape index (κ1) is 12.9. The van der Waals surface area contributed by atoms with E-state index >= 15 is 0 Å². The summed E-state index contributed by atoms with van der Waals surface area (Å²) in [7, 11) is 2.82. The second-order valence-corrected chi connectivity index (χ2v) is 3.64. The zero-order valence-corrected chi connectivity index (χ0v) is 10.6. The van der Waals surface area contributed by atoms with Crippen LogP contribution in [0.2, 0.25) is 0 Å². The summed E-state index contributed by atoms with van der Waals surface area (Å²) in [6.07, 6.45) is 1.47. The summed E-state index contributed by atoms with van der Waals surface area (Å²) in [6, 6.07) is 6.51. The molecule has 6 nitrogen and oxygen atoms in total. The average Bonchev–Trinajstić information content (AvgIpc) is 2.97. The third-order valence-corrected chi connectivity index (χ3v) is 2.45. The van der Waals surface area contributed by atoms with Gasteiger partial charge in [0.05, 0.1) is 19.8 Å². The maximum atomic E-state index is 11.4. The van der Waals surface area contributed by atoms with Gasteiger partial charge in [-0.1, -0.05) is 5.16 Å². The van der Waals surface area contributed by atoms with Crippen molar-refractivity contribution < 1.29 is 23.5 Å². The lowest BCUT2D eigenvalue weighted by Crippen LogP contribution is -2.03. The van der Waals surface area contributed by atoms with E-state index < -0.39 is 5.97 Å². The van der Waals surface area contributed by atoms with E-state index in [2.05, 4.69) is 9.89 Å². The van der Waals surface area contributed by atoms with Gasteiger partial charge in [0.25, 0.3) is 0 Å². The van der Waals surface area contributed by atoms with E-state index in [1.54, 1.807) is 24.3 Å². The fourth-order valence-corrected chi connectivity index (χ4v) is 1.50. The quantitative estimate of drug-likeness (QED) is 0.769. The molecule has 0 aliphatic rings. The Balaban J connectivity index is 2.14. The Bertz CT molecular complexity index is 550. The lowest BCUT2D eigenvalue weighted by Gasteiger charge is -2.10. The van der Waals surface area contributed by atoms with Gasteiger partial charge >= 0.3 is 5.97 Å². The van der Waals surface area contributed by atoms with Crippen LogP contribution in [0.3, 0.4) is 0 Å². The van der Waals surface area contributed by atoms with Gasteiger partial charge in [0.15, 0.2) is 11.5 Å². The van der Waals surface area contributed by atoms with Crippen molar-refractivity contribution in [3.8, 4) is 11.5 Å². The minimum atomic E-state index is -0.429. The first-order valence-corrected chi connectivity index (χ1v) is 5.53. The van der Waals surface area contributed by atoms with Crippen molar-refractivity contribution in [1.82, 2.24) is 5.16 Å². The van der Waals surface area contributed by atoms with Gasteiger partial charge < -0.3 is 18.7 Å². The predicted octanol–water partition coefficient (Wildman–Crippen LogP) is 2.05. The molecule has 0 amide bonds. The number of methoxy groups -OCH3 is 2. The van der Waals surface area contributed by atoms with Gasteiger partial charge in [-0.15, -0.1) is 0 Å². The first-order chi connectivity index (χ1) is 9.24. The summed E-state index contributed by atoms with van der Waals surface area (Å²) < 4.78 is 20.1. The van der Waals surface area contributed by atoms with E-state index in [1.165, 1.54) is 20.5 Å². The third kappa shape index (κ3) is 3.04. The SMILES string of the molecule is COC(=O)c1ccc(OCc2ccon2)c(OC)c1. The van der Waals surface area contributed by atoms with Crippen molar-refractivity contribution in [1.29, 1.82) is 0 Å². The highest BCUT2D eigenvalue weighted by Crippen LogP contribution is 2.28. The average molecular weight is 263 g/mol. The smallest absolute Gasteiger partial charge is 0.337 e. The van der Waals surface area contributed by atoms with E-state index in [0.29, 0.717) is 22.8 Å². The fraction of sp³-hybridized carbons (Fsp3) is 0.231. The summed E-state index contributed by atoms with van der Waals surface area (Å²) in [6.45, 7) is 0.254. The number of ether oxygens (including phenoxy) is 3. The standard InChI is InChI=1S/C13H13NO5/c1-16-12-7-9(13(15)17-2)3-4-11(12)18-8-10-5-6-19-14-10/h3-7H,8H2,1-2H3. The van der Waals surface area contributed by atoms with Crippen LogP contribution in [0.25, 0.3) is 0 Å². The predicted molar refractivity (Wildman–Crippen MR) is 65.2 cm³/mol. The molecule has 0 radical (unpaired) electrons. The van der Waals surface area contributed by atoms with Gasteiger partial charge in [-0.2, -0.15) is 0 Å². The van der Waals surface area contributed by atoms with Crippen molar-refractivity contribution in [2.75, 3.05) is 14.2 Å². The van der Waals surface area contributed by atoms with Crippen molar-refractivity contribution >= 4 is 5.97 Å².